The fourth-order valence-electron chi connectivity index (χ4n) is 1.53. The van der Waals surface area contributed by atoms with Gasteiger partial charge in [-0.2, -0.15) is 8.78 Å². The molecule has 0 aliphatic heterocycles. The van der Waals surface area contributed by atoms with Gasteiger partial charge in [0.1, 0.15) is 0 Å². The van der Waals surface area contributed by atoms with Crippen LogP contribution >= 0.6 is 11.6 Å². The summed E-state index contributed by atoms with van der Waals surface area (Å²) in [6, 6.07) is -0.596. The van der Waals surface area contributed by atoms with Crippen LogP contribution in [0.25, 0.3) is 0 Å². The summed E-state index contributed by atoms with van der Waals surface area (Å²) in [5.74, 6) is -1.54. The minimum absolute atomic E-state index is 0.514. The average molecular weight is 228 g/mol. The second-order valence-electron chi connectivity index (χ2n) is 3.43. The lowest BCUT2D eigenvalue weighted by molar-refractivity contribution is -0.137. The maximum absolute atomic E-state index is 12.3. The maximum Gasteiger partial charge on any atom is 0.399 e. The Labute approximate surface area is 85.4 Å². The third kappa shape index (κ3) is 3.06. The highest BCUT2D eigenvalue weighted by Gasteiger charge is 2.38. The summed E-state index contributed by atoms with van der Waals surface area (Å²) >= 11 is 4.52. The average Bonchev–Trinajstić information content (AvgIpc) is 2.07. The largest absolute Gasteiger partial charge is 0.399 e. The van der Waals surface area contributed by atoms with Crippen molar-refractivity contribution >= 4 is 17.5 Å². The summed E-state index contributed by atoms with van der Waals surface area (Å²) in [6.45, 7) is 0. The van der Waals surface area contributed by atoms with E-state index < -0.39 is 23.4 Å². The van der Waals surface area contributed by atoms with Crippen molar-refractivity contribution in [2.75, 3.05) is 0 Å². The monoisotopic (exact) mass is 227 g/mol. The first-order chi connectivity index (χ1) is 6.41. The van der Waals surface area contributed by atoms with Crippen LogP contribution in [0.15, 0.2) is 0 Å². The summed E-state index contributed by atoms with van der Waals surface area (Å²) in [5.41, 5.74) is 0. The molecule has 2 N–H and O–H groups in total. The third-order valence-electron chi connectivity index (χ3n) is 2.30. The molecule has 0 radical (unpaired) electrons. The van der Waals surface area contributed by atoms with Crippen LogP contribution in [0.4, 0.5) is 8.78 Å². The zero-order valence-corrected chi connectivity index (χ0v) is 8.23. The lowest BCUT2D eigenvalue weighted by atomic mass is 9.92. The number of carbonyl (C=O) groups excluding carboxylic acids is 1. The third-order valence-corrected chi connectivity index (χ3v) is 2.48. The Morgan fingerprint density at radius 3 is 2.50 bits per heavy atom. The number of carbonyl (C=O) groups is 1. The smallest absolute Gasteiger partial charge is 0.391 e. The van der Waals surface area contributed by atoms with E-state index in [0.29, 0.717) is 12.8 Å². The van der Waals surface area contributed by atoms with Crippen molar-refractivity contribution in [2.45, 2.75) is 43.2 Å². The van der Waals surface area contributed by atoms with Gasteiger partial charge >= 0.3 is 11.3 Å². The van der Waals surface area contributed by atoms with E-state index >= 15 is 0 Å². The lowest BCUT2D eigenvalue weighted by Crippen LogP contribution is -2.49. The van der Waals surface area contributed by atoms with Gasteiger partial charge in [-0.1, -0.05) is 12.8 Å². The minimum Gasteiger partial charge on any atom is -0.391 e. The lowest BCUT2D eigenvalue weighted by Gasteiger charge is -2.28. The van der Waals surface area contributed by atoms with E-state index in [0.717, 1.165) is 12.8 Å². The van der Waals surface area contributed by atoms with Gasteiger partial charge in [-0.3, -0.25) is 4.79 Å². The number of nitrogens with one attached hydrogen (secondary N) is 1. The highest BCUT2D eigenvalue weighted by Crippen LogP contribution is 2.22. The normalized spacial score (nSPS) is 28.6. The van der Waals surface area contributed by atoms with E-state index in [2.05, 4.69) is 11.6 Å². The minimum atomic E-state index is -3.89. The Morgan fingerprint density at radius 1 is 1.43 bits per heavy atom. The van der Waals surface area contributed by atoms with Crippen LogP contribution < -0.4 is 5.32 Å². The van der Waals surface area contributed by atoms with Gasteiger partial charge in [0.15, 0.2) is 0 Å². The number of hydrogen-bond acceptors (Lipinski definition) is 2. The summed E-state index contributed by atoms with van der Waals surface area (Å²) in [6.07, 6.45) is 1.96. The van der Waals surface area contributed by atoms with Gasteiger partial charge in [-0.05, 0) is 24.4 Å². The van der Waals surface area contributed by atoms with E-state index in [1.165, 1.54) is 0 Å². The molecular formula is C8H12ClF2NO2. The molecule has 6 heteroatoms. The van der Waals surface area contributed by atoms with E-state index in [4.69, 9.17) is 0 Å². The van der Waals surface area contributed by atoms with Crippen LogP contribution in [0, 0.1) is 0 Å². The van der Waals surface area contributed by atoms with Gasteiger partial charge in [-0.15, -0.1) is 0 Å². The van der Waals surface area contributed by atoms with E-state index in [9.17, 15) is 18.7 Å². The SMILES string of the molecule is O=C(N[C@@H]1CCCC[C@H]1O)C(F)(F)Cl. The van der Waals surface area contributed by atoms with Crippen LogP contribution in [0.1, 0.15) is 25.7 Å². The Kier molecular flexibility index (Phi) is 3.66. The zero-order chi connectivity index (χ0) is 10.8. The van der Waals surface area contributed by atoms with E-state index in [1.54, 1.807) is 0 Å². The van der Waals surface area contributed by atoms with Gasteiger partial charge < -0.3 is 10.4 Å². The van der Waals surface area contributed by atoms with E-state index in [1.807, 2.05) is 5.32 Å². The Balaban J connectivity index is 2.46. The highest BCUT2D eigenvalue weighted by molar-refractivity contribution is 6.32. The molecule has 1 fully saturated rings. The van der Waals surface area contributed by atoms with Gasteiger partial charge in [-0.25, -0.2) is 0 Å². The van der Waals surface area contributed by atoms with Crippen molar-refractivity contribution in [1.82, 2.24) is 5.32 Å². The number of amides is 1. The molecule has 14 heavy (non-hydrogen) atoms. The molecule has 1 saturated carbocycles. The fourth-order valence-corrected chi connectivity index (χ4v) is 1.58. The molecule has 0 saturated heterocycles. The molecule has 0 aromatic carbocycles. The van der Waals surface area contributed by atoms with Crippen molar-refractivity contribution in [3.63, 3.8) is 0 Å². The molecule has 0 spiro atoms. The topological polar surface area (TPSA) is 49.3 Å². The van der Waals surface area contributed by atoms with Crippen molar-refractivity contribution in [1.29, 1.82) is 0 Å². The van der Waals surface area contributed by atoms with Crippen LogP contribution in [0.2, 0.25) is 0 Å². The Morgan fingerprint density at radius 2 is 2.00 bits per heavy atom. The second-order valence-corrected chi connectivity index (χ2v) is 3.90. The first-order valence-electron chi connectivity index (χ1n) is 4.47. The van der Waals surface area contributed by atoms with Gasteiger partial charge in [0, 0.05) is 0 Å². The van der Waals surface area contributed by atoms with Gasteiger partial charge in [0.2, 0.25) is 0 Å². The molecule has 2 atom stereocenters. The molecule has 0 heterocycles. The molecule has 0 bridgehead atoms. The number of aliphatic hydroxyl groups excluding tert-OH is 1. The molecule has 0 aromatic rings. The number of rotatable bonds is 2. The summed E-state index contributed by atoms with van der Waals surface area (Å²) < 4.78 is 24.5. The molecule has 1 aliphatic carbocycles. The van der Waals surface area contributed by atoms with Crippen LogP contribution in [0.5, 0.6) is 0 Å². The van der Waals surface area contributed by atoms with Crippen LogP contribution in [0.3, 0.4) is 0 Å². The molecule has 3 nitrogen and oxygen atoms in total. The Bertz CT molecular complexity index is 220. The van der Waals surface area contributed by atoms with Crippen molar-refractivity contribution < 1.29 is 18.7 Å². The van der Waals surface area contributed by atoms with Crippen LogP contribution in [-0.2, 0) is 4.79 Å². The summed E-state index contributed by atoms with van der Waals surface area (Å²) in [4.78, 5) is 10.8. The van der Waals surface area contributed by atoms with Gasteiger partial charge in [0.05, 0.1) is 12.1 Å². The predicted octanol–water partition coefficient (Wildman–Crippen LogP) is 1.24. The first kappa shape index (κ1) is 11.7. The first-order valence-corrected chi connectivity index (χ1v) is 4.85. The van der Waals surface area contributed by atoms with Crippen molar-refractivity contribution in [3.05, 3.63) is 0 Å². The molecule has 0 unspecified atom stereocenters. The molecule has 1 amide bonds. The number of hydrogen-bond donors (Lipinski definition) is 2. The quantitative estimate of drug-likeness (QED) is 0.698. The summed E-state index contributed by atoms with van der Waals surface area (Å²) in [7, 11) is 0. The molecular weight excluding hydrogens is 216 g/mol. The predicted molar refractivity (Wildman–Crippen MR) is 47.2 cm³/mol. The molecule has 1 rings (SSSR count). The van der Waals surface area contributed by atoms with Gasteiger partial charge in [0.25, 0.3) is 0 Å². The molecule has 1 aliphatic rings. The van der Waals surface area contributed by atoms with E-state index in [-0.39, 0.29) is 0 Å². The fraction of sp³-hybridized carbons (Fsp3) is 0.875. The number of aliphatic hydroxyl groups is 1. The molecule has 82 valence electrons. The highest BCUT2D eigenvalue weighted by atomic mass is 35.5. The van der Waals surface area contributed by atoms with Crippen molar-refractivity contribution in [3.8, 4) is 0 Å². The Hall–Kier alpha value is -0.420. The van der Waals surface area contributed by atoms with Crippen molar-refractivity contribution in [2.24, 2.45) is 0 Å². The van der Waals surface area contributed by atoms with Crippen LogP contribution in [-0.4, -0.2) is 28.5 Å². The standard InChI is InChI=1S/C8H12ClF2NO2/c9-8(10,11)7(14)12-5-3-1-2-4-6(5)13/h5-6,13H,1-4H2,(H,12,14)/t5-,6-/m1/s1. The molecule has 0 aromatic heterocycles. The number of halogens is 3. The number of alkyl halides is 3. The zero-order valence-electron chi connectivity index (χ0n) is 7.47. The maximum atomic E-state index is 12.3. The second kappa shape index (κ2) is 4.40. The summed E-state index contributed by atoms with van der Waals surface area (Å²) in [5, 5.41) is 7.53.